The van der Waals surface area contributed by atoms with Crippen molar-refractivity contribution in [3.8, 4) is 0 Å². The van der Waals surface area contributed by atoms with Crippen LogP contribution in [0.25, 0.3) is 0 Å². The Kier molecular flexibility index (Phi) is 26.5. The summed E-state index contributed by atoms with van der Waals surface area (Å²) in [5.41, 5.74) is 0. The minimum Gasteiger partial charge on any atom is -0.0885 e. The van der Waals surface area contributed by atoms with Crippen LogP contribution in [0, 0.1) is 19.8 Å². The van der Waals surface area contributed by atoms with Crippen LogP contribution in [0.1, 0.15) is 161 Å². The number of hydrogen-bond donors (Lipinski definition) is 0. The van der Waals surface area contributed by atoms with Gasteiger partial charge in [-0.05, 0) is 25.2 Å². The number of allylic oxidation sites excluding steroid dienone is 2. The van der Waals surface area contributed by atoms with Gasteiger partial charge in [0.05, 0.1) is 0 Å². The van der Waals surface area contributed by atoms with Gasteiger partial charge >= 0.3 is 0 Å². The van der Waals surface area contributed by atoms with Crippen molar-refractivity contribution >= 4 is 0 Å². The molecule has 0 saturated carbocycles. The summed E-state index contributed by atoms with van der Waals surface area (Å²) < 4.78 is 0. The minimum atomic E-state index is 0.870. The Morgan fingerprint density at radius 2 is 0.833 bits per heavy atom. The topological polar surface area (TPSA) is 0 Å². The fourth-order valence-electron chi connectivity index (χ4n) is 4.32. The molecule has 1 atom stereocenters. The van der Waals surface area contributed by atoms with Gasteiger partial charge < -0.3 is 0 Å². The molecule has 2 radical (unpaired) electrons. The van der Waals surface area contributed by atoms with Crippen molar-refractivity contribution in [3.63, 3.8) is 0 Å². The van der Waals surface area contributed by atoms with Gasteiger partial charge in [-0.3, -0.25) is 0 Å². The lowest BCUT2D eigenvalue weighted by atomic mass is 9.98. The van der Waals surface area contributed by atoms with Gasteiger partial charge in [0, 0.05) is 0 Å². The molecule has 30 heavy (non-hydrogen) atoms. The van der Waals surface area contributed by atoms with Crippen molar-refractivity contribution < 1.29 is 0 Å². The first kappa shape index (κ1) is 29.7. The fourth-order valence-corrected chi connectivity index (χ4v) is 4.32. The summed E-state index contributed by atoms with van der Waals surface area (Å²) in [5, 5.41) is 0. The molecule has 178 valence electrons. The third-order valence-electron chi connectivity index (χ3n) is 6.52. The van der Waals surface area contributed by atoms with Crippen molar-refractivity contribution in [2.45, 2.75) is 161 Å². The van der Waals surface area contributed by atoms with Crippen LogP contribution in [-0.4, -0.2) is 0 Å². The summed E-state index contributed by atoms with van der Waals surface area (Å²) in [5.74, 6) is 0.870. The molecule has 0 rings (SSSR count). The minimum absolute atomic E-state index is 0.870. The molecule has 0 aliphatic rings. The maximum Gasteiger partial charge on any atom is -0.0325 e. The highest BCUT2D eigenvalue weighted by Gasteiger charge is 2.00. The Morgan fingerprint density at radius 1 is 0.467 bits per heavy atom. The number of unbranched alkanes of at least 4 members (excludes halogenated alkanes) is 20. The molecular weight excluding hydrogens is 360 g/mol. The highest BCUT2D eigenvalue weighted by molar-refractivity contribution is 4.83. The molecule has 0 nitrogen and oxygen atoms in total. The van der Waals surface area contributed by atoms with Gasteiger partial charge in [-0.25, -0.2) is 0 Å². The largest absolute Gasteiger partial charge is 0.0885 e. The highest BCUT2D eigenvalue weighted by Crippen LogP contribution is 2.17. The standard InChI is InChI=1S/C30H58/c1-4-6-8-10-12-13-14-15-16-17-18-19-20-21-23-25-27-29-30(3)28-26-24-22-11-9-7-5-2/h24,26,30H,1-2,4-23,25,27-29H2,3H3/b26-24+. The number of rotatable bonds is 25. The summed E-state index contributed by atoms with van der Waals surface area (Å²) in [6, 6.07) is 0. The van der Waals surface area contributed by atoms with Gasteiger partial charge in [-0.2, -0.15) is 0 Å². The van der Waals surface area contributed by atoms with Gasteiger partial charge in [0.1, 0.15) is 0 Å². The van der Waals surface area contributed by atoms with E-state index in [0.717, 1.165) is 18.8 Å². The second-order valence-corrected chi connectivity index (χ2v) is 9.81. The Hall–Kier alpha value is -0.260. The Balaban J connectivity index is 3.15. The zero-order valence-electron chi connectivity index (χ0n) is 21.1. The molecule has 0 saturated heterocycles. The average molecular weight is 419 g/mol. The van der Waals surface area contributed by atoms with Crippen LogP contribution in [0.5, 0.6) is 0 Å². The van der Waals surface area contributed by atoms with E-state index in [0.29, 0.717) is 0 Å². The lowest BCUT2D eigenvalue weighted by Crippen LogP contribution is -1.92. The molecule has 0 spiro atoms. The van der Waals surface area contributed by atoms with E-state index in [1.807, 2.05) is 0 Å². The van der Waals surface area contributed by atoms with E-state index in [9.17, 15) is 0 Å². The van der Waals surface area contributed by atoms with Gasteiger partial charge in [0.15, 0.2) is 0 Å². The lowest BCUT2D eigenvalue weighted by molar-refractivity contribution is 0.481. The fraction of sp³-hybridized carbons (Fsp3) is 0.867. The first-order valence-corrected chi connectivity index (χ1v) is 14.0. The highest BCUT2D eigenvalue weighted by atomic mass is 14.1. The Bertz CT molecular complexity index is 316. The molecule has 0 aliphatic carbocycles. The van der Waals surface area contributed by atoms with Crippen LogP contribution in [0.2, 0.25) is 0 Å². The predicted octanol–water partition coefficient (Wildman–Crippen LogP) is 11.2. The summed E-state index contributed by atoms with van der Waals surface area (Å²) in [6.07, 6.45) is 38.2. The normalized spacial score (nSPS) is 12.8. The molecule has 0 heteroatoms. The predicted molar refractivity (Wildman–Crippen MR) is 140 cm³/mol. The van der Waals surface area contributed by atoms with E-state index in [1.54, 1.807) is 0 Å². The smallest absolute Gasteiger partial charge is 0.0325 e. The molecule has 0 N–H and O–H groups in total. The van der Waals surface area contributed by atoms with Crippen molar-refractivity contribution in [2.75, 3.05) is 0 Å². The van der Waals surface area contributed by atoms with Crippen LogP contribution in [0.15, 0.2) is 12.2 Å². The second kappa shape index (κ2) is 26.8. The third-order valence-corrected chi connectivity index (χ3v) is 6.52. The zero-order valence-corrected chi connectivity index (χ0v) is 21.1. The van der Waals surface area contributed by atoms with Gasteiger partial charge in [0.25, 0.3) is 0 Å². The van der Waals surface area contributed by atoms with Crippen molar-refractivity contribution in [2.24, 2.45) is 5.92 Å². The van der Waals surface area contributed by atoms with Gasteiger partial charge in [-0.1, -0.05) is 168 Å². The van der Waals surface area contributed by atoms with Crippen LogP contribution >= 0.6 is 0 Å². The van der Waals surface area contributed by atoms with Crippen molar-refractivity contribution in [1.82, 2.24) is 0 Å². The van der Waals surface area contributed by atoms with Crippen LogP contribution in [-0.2, 0) is 0 Å². The SMILES string of the molecule is [CH2]CCCCC/C=C/CC(C)CCCCCCCCCCCCCCCCCC[CH2]. The average Bonchev–Trinajstić information content (AvgIpc) is 2.75. The van der Waals surface area contributed by atoms with E-state index < -0.39 is 0 Å². The van der Waals surface area contributed by atoms with Crippen molar-refractivity contribution in [1.29, 1.82) is 0 Å². The maximum atomic E-state index is 3.92. The van der Waals surface area contributed by atoms with E-state index >= 15 is 0 Å². The molecule has 0 amide bonds. The van der Waals surface area contributed by atoms with E-state index in [2.05, 4.69) is 32.9 Å². The van der Waals surface area contributed by atoms with Gasteiger partial charge in [-0.15, -0.1) is 0 Å². The first-order chi connectivity index (χ1) is 14.8. The molecule has 0 heterocycles. The molecule has 0 bridgehead atoms. The van der Waals surface area contributed by atoms with E-state index in [4.69, 9.17) is 0 Å². The van der Waals surface area contributed by atoms with Gasteiger partial charge in [0.2, 0.25) is 0 Å². The monoisotopic (exact) mass is 418 g/mol. The summed E-state index contributed by atoms with van der Waals surface area (Å²) in [7, 11) is 0. The Morgan fingerprint density at radius 3 is 1.27 bits per heavy atom. The zero-order chi connectivity index (χ0) is 22.0. The number of hydrogen-bond acceptors (Lipinski definition) is 0. The van der Waals surface area contributed by atoms with E-state index in [1.165, 1.54) is 141 Å². The quantitative estimate of drug-likeness (QED) is 0.102. The molecule has 0 aromatic heterocycles. The van der Waals surface area contributed by atoms with Crippen LogP contribution in [0.4, 0.5) is 0 Å². The lowest BCUT2D eigenvalue weighted by Gasteiger charge is -2.08. The van der Waals surface area contributed by atoms with Crippen LogP contribution in [0.3, 0.4) is 0 Å². The molecule has 0 aromatic carbocycles. The van der Waals surface area contributed by atoms with Crippen LogP contribution < -0.4 is 0 Å². The molecule has 1 unspecified atom stereocenters. The Labute approximate surface area is 193 Å². The molecular formula is C30H58. The molecule has 0 aliphatic heterocycles. The van der Waals surface area contributed by atoms with Crippen molar-refractivity contribution in [3.05, 3.63) is 26.0 Å². The maximum absolute atomic E-state index is 3.92. The van der Waals surface area contributed by atoms with E-state index in [-0.39, 0.29) is 0 Å². The summed E-state index contributed by atoms with van der Waals surface area (Å²) in [6.45, 7) is 10.3. The molecule has 0 aromatic rings. The first-order valence-electron chi connectivity index (χ1n) is 14.0. The summed E-state index contributed by atoms with van der Waals surface area (Å²) in [4.78, 5) is 0. The second-order valence-electron chi connectivity index (χ2n) is 9.81. The third kappa shape index (κ3) is 25.8. The molecule has 0 fully saturated rings. The summed E-state index contributed by atoms with van der Waals surface area (Å²) >= 11 is 0.